The van der Waals surface area contributed by atoms with Crippen LogP contribution in [0, 0.1) is 0 Å². The number of hydrogen-bond donors (Lipinski definition) is 1. The van der Waals surface area contributed by atoms with Crippen molar-refractivity contribution in [2.75, 3.05) is 26.9 Å². The minimum atomic E-state index is -0.533. The summed E-state index contributed by atoms with van der Waals surface area (Å²) in [6.45, 7) is 9.61. The van der Waals surface area contributed by atoms with Crippen LogP contribution < -0.4 is 19.5 Å². The van der Waals surface area contributed by atoms with Crippen molar-refractivity contribution >= 4 is 11.8 Å². The van der Waals surface area contributed by atoms with Crippen LogP contribution in [0.2, 0.25) is 0 Å². The van der Waals surface area contributed by atoms with Gasteiger partial charge in [0.15, 0.2) is 11.5 Å². The Kier molecular flexibility index (Phi) is 11.2. The molecule has 0 saturated carbocycles. The molecule has 0 unspecified atom stereocenters. The Balaban J connectivity index is 2.21. The molecule has 7 nitrogen and oxygen atoms in total. The van der Waals surface area contributed by atoms with Gasteiger partial charge in [0.1, 0.15) is 11.8 Å². The molecule has 0 aliphatic heterocycles. The fourth-order valence-electron chi connectivity index (χ4n) is 3.79. The summed E-state index contributed by atoms with van der Waals surface area (Å²) in [5.74, 6) is 1.92. The smallest absolute Gasteiger partial charge is 0.242 e. The van der Waals surface area contributed by atoms with Gasteiger partial charge in [-0.15, -0.1) is 0 Å². The summed E-state index contributed by atoms with van der Waals surface area (Å²) in [5.41, 5.74) is 1.92. The molecule has 34 heavy (non-hydrogen) atoms. The minimum absolute atomic E-state index is 0.0687. The highest BCUT2D eigenvalue weighted by Gasteiger charge is 2.28. The molecule has 0 heterocycles. The van der Waals surface area contributed by atoms with Crippen molar-refractivity contribution in [1.82, 2.24) is 10.2 Å². The highest BCUT2D eigenvalue weighted by atomic mass is 16.5. The summed E-state index contributed by atoms with van der Waals surface area (Å²) in [5, 5.41) is 2.87. The third kappa shape index (κ3) is 7.68. The molecule has 0 radical (unpaired) electrons. The van der Waals surface area contributed by atoms with Crippen LogP contribution in [-0.4, -0.2) is 49.6 Å². The van der Waals surface area contributed by atoms with Crippen molar-refractivity contribution in [3.63, 3.8) is 0 Å². The van der Waals surface area contributed by atoms with Crippen molar-refractivity contribution in [2.45, 2.75) is 59.5 Å². The molecule has 1 atom stereocenters. The van der Waals surface area contributed by atoms with Crippen molar-refractivity contribution in [3.05, 3.63) is 53.6 Å². The van der Waals surface area contributed by atoms with Crippen LogP contribution in [0.15, 0.2) is 42.5 Å². The Morgan fingerprint density at radius 2 is 1.56 bits per heavy atom. The van der Waals surface area contributed by atoms with Crippen molar-refractivity contribution < 1.29 is 23.8 Å². The number of aryl methyl sites for hydroxylation is 1. The molecule has 2 amide bonds. The lowest BCUT2D eigenvalue weighted by atomic mass is 10.1. The lowest BCUT2D eigenvalue weighted by molar-refractivity contribution is -0.141. The lowest BCUT2D eigenvalue weighted by Gasteiger charge is -2.30. The number of nitrogens with zero attached hydrogens (tertiary/aromatic N) is 1. The van der Waals surface area contributed by atoms with Gasteiger partial charge >= 0.3 is 0 Å². The molecule has 0 fully saturated rings. The molecule has 0 aliphatic rings. The second kappa shape index (κ2) is 14.1. The van der Waals surface area contributed by atoms with Crippen LogP contribution in [0.25, 0.3) is 0 Å². The highest BCUT2D eigenvalue weighted by Crippen LogP contribution is 2.29. The van der Waals surface area contributed by atoms with Crippen LogP contribution in [-0.2, 0) is 22.6 Å². The molecule has 0 spiro atoms. The zero-order valence-corrected chi connectivity index (χ0v) is 21.1. The van der Waals surface area contributed by atoms with Crippen molar-refractivity contribution in [1.29, 1.82) is 0 Å². The monoisotopic (exact) mass is 470 g/mol. The molecule has 2 rings (SSSR count). The maximum Gasteiger partial charge on any atom is 0.242 e. The second-order valence-electron chi connectivity index (χ2n) is 7.84. The summed E-state index contributed by atoms with van der Waals surface area (Å²) >= 11 is 0. The summed E-state index contributed by atoms with van der Waals surface area (Å²) in [4.78, 5) is 27.8. The van der Waals surface area contributed by atoms with Crippen LogP contribution >= 0.6 is 0 Å². The predicted molar refractivity (Wildman–Crippen MR) is 133 cm³/mol. The van der Waals surface area contributed by atoms with E-state index in [9.17, 15) is 9.59 Å². The van der Waals surface area contributed by atoms with Gasteiger partial charge < -0.3 is 24.4 Å². The van der Waals surface area contributed by atoms with Gasteiger partial charge in [0.25, 0.3) is 0 Å². The Labute approximate surface area is 203 Å². The zero-order valence-electron chi connectivity index (χ0n) is 21.1. The van der Waals surface area contributed by atoms with E-state index in [4.69, 9.17) is 14.2 Å². The fraction of sp³-hybridized carbons (Fsp3) is 0.481. The molecular weight excluding hydrogens is 432 g/mol. The Morgan fingerprint density at radius 1 is 0.912 bits per heavy atom. The van der Waals surface area contributed by atoms with Gasteiger partial charge in [0, 0.05) is 19.5 Å². The van der Waals surface area contributed by atoms with Crippen LogP contribution in [0.4, 0.5) is 0 Å². The number of carbonyl (C=O) groups excluding carboxylic acids is 2. The van der Waals surface area contributed by atoms with E-state index in [2.05, 4.69) is 5.32 Å². The predicted octanol–water partition coefficient (Wildman–Crippen LogP) is 4.37. The molecule has 1 N–H and O–H groups in total. The van der Waals surface area contributed by atoms with E-state index < -0.39 is 6.04 Å². The van der Waals surface area contributed by atoms with Crippen molar-refractivity contribution in [2.24, 2.45) is 0 Å². The van der Waals surface area contributed by atoms with Crippen LogP contribution in [0.1, 0.15) is 51.7 Å². The fourth-order valence-corrected chi connectivity index (χ4v) is 3.79. The first-order chi connectivity index (χ1) is 16.5. The second-order valence-corrected chi connectivity index (χ2v) is 7.84. The number of carbonyl (C=O) groups is 2. The van der Waals surface area contributed by atoms with Crippen molar-refractivity contribution in [3.8, 4) is 17.2 Å². The molecular formula is C27H38N2O5. The van der Waals surface area contributed by atoms with Gasteiger partial charge in [-0.1, -0.05) is 25.1 Å². The topological polar surface area (TPSA) is 77.1 Å². The molecule has 2 aromatic rings. The van der Waals surface area contributed by atoms with E-state index in [1.807, 2.05) is 70.2 Å². The first-order valence-corrected chi connectivity index (χ1v) is 12.1. The average molecular weight is 471 g/mol. The number of nitrogens with one attached hydrogen (secondary N) is 1. The SMILES string of the molecule is CCNC(=O)[C@@H](CC)N(Cc1ccc(OC)cc1)C(=O)CCc1ccc(OCC)c(OCC)c1. The first kappa shape index (κ1) is 27.0. The number of hydrogen-bond acceptors (Lipinski definition) is 5. The molecule has 186 valence electrons. The molecule has 2 aromatic carbocycles. The standard InChI is InChI=1S/C27H38N2O5/c1-6-23(27(31)28-7-2)29(19-21-10-14-22(32-5)15-11-21)26(30)17-13-20-12-16-24(33-8-3)25(18-20)34-9-4/h10-12,14-16,18,23H,6-9,13,17,19H2,1-5H3,(H,28,31)/t23-/m1/s1. The van der Waals surface area contributed by atoms with Gasteiger partial charge in [0.05, 0.1) is 20.3 Å². The maximum atomic E-state index is 13.4. The Hall–Kier alpha value is -3.22. The number of benzene rings is 2. The highest BCUT2D eigenvalue weighted by molar-refractivity contribution is 5.87. The number of amides is 2. The van der Waals surface area contributed by atoms with E-state index in [0.29, 0.717) is 50.6 Å². The largest absolute Gasteiger partial charge is 0.497 e. The summed E-state index contributed by atoms with van der Waals surface area (Å²) in [7, 11) is 1.62. The Bertz CT molecular complexity index is 914. The molecule has 0 bridgehead atoms. The summed E-state index contributed by atoms with van der Waals surface area (Å²) in [6, 6.07) is 12.8. The molecule has 7 heteroatoms. The van der Waals surface area contributed by atoms with Gasteiger partial charge in [-0.2, -0.15) is 0 Å². The first-order valence-electron chi connectivity index (χ1n) is 12.1. The van der Waals surface area contributed by atoms with E-state index in [1.54, 1.807) is 12.0 Å². The third-order valence-electron chi connectivity index (χ3n) is 5.48. The third-order valence-corrected chi connectivity index (χ3v) is 5.48. The number of rotatable bonds is 14. The number of ether oxygens (including phenoxy) is 3. The summed E-state index contributed by atoms with van der Waals surface area (Å²) < 4.78 is 16.6. The van der Waals surface area contributed by atoms with E-state index >= 15 is 0 Å². The quantitative estimate of drug-likeness (QED) is 0.444. The maximum absolute atomic E-state index is 13.4. The van der Waals surface area contributed by atoms with Gasteiger partial charge in [-0.25, -0.2) is 0 Å². The van der Waals surface area contributed by atoms with E-state index in [1.165, 1.54) is 0 Å². The van der Waals surface area contributed by atoms with Gasteiger partial charge in [0.2, 0.25) is 11.8 Å². The van der Waals surface area contributed by atoms with Gasteiger partial charge in [-0.3, -0.25) is 9.59 Å². The van der Waals surface area contributed by atoms with Crippen LogP contribution in [0.3, 0.4) is 0 Å². The Morgan fingerprint density at radius 3 is 2.15 bits per heavy atom. The minimum Gasteiger partial charge on any atom is -0.497 e. The van der Waals surface area contributed by atoms with Crippen LogP contribution in [0.5, 0.6) is 17.2 Å². The van der Waals surface area contributed by atoms with E-state index in [-0.39, 0.29) is 18.2 Å². The lowest BCUT2D eigenvalue weighted by Crippen LogP contribution is -2.49. The number of likely N-dealkylation sites (N-methyl/N-ethyl adjacent to an activating group) is 1. The van der Waals surface area contributed by atoms with Gasteiger partial charge in [-0.05, 0) is 69.0 Å². The average Bonchev–Trinajstić information content (AvgIpc) is 2.84. The zero-order chi connectivity index (χ0) is 24.9. The molecule has 0 aliphatic carbocycles. The molecule has 0 aromatic heterocycles. The summed E-state index contributed by atoms with van der Waals surface area (Å²) in [6.07, 6.45) is 1.35. The number of methoxy groups -OCH3 is 1. The van der Waals surface area contributed by atoms with E-state index in [0.717, 1.165) is 16.9 Å². The molecule has 0 saturated heterocycles. The normalized spacial score (nSPS) is 11.4.